The van der Waals surface area contributed by atoms with Gasteiger partial charge in [0.25, 0.3) is 0 Å². The van der Waals surface area contributed by atoms with Crippen LogP contribution >= 0.6 is 0 Å². The Morgan fingerprint density at radius 1 is 0.957 bits per heavy atom. The molecule has 0 unspecified atom stereocenters. The second-order valence-corrected chi connectivity index (χ2v) is 9.07. The second-order valence-electron chi connectivity index (χ2n) is 9.07. The fourth-order valence-electron chi connectivity index (χ4n) is 3.19. The van der Waals surface area contributed by atoms with Crippen molar-refractivity contribution in [2.75, 3.05) is 0 Å². The van der Waals surface area contributed by atoms with Gasteiger partial charge in [-0.1, -0.05) is 66.9 Å². The van der Waals surface area contributed by atoms with E-state index in [4.69, 9.17) is 4.99 Å². The zero-order chi connectivity index (χ0) is 17.3. The Morgan fingerprint density at radius 3 is 2.09 bits per heavy atom. The first-order valence-corrected chi connectivity index (χ1v) is 9.01. The highest BCUT2D eigenvalue weighted by Crippen LogP contribution is 2.41. The van der Waals surface area contributed by atoms with Crippen molar-refractivity contribution in [3.63, 3.8) is 0 Å². The van der Waals surface area contributed by atoms with Gasteiger partial charge in [0, 0.05) is 11.8 Å². The third kappa shape index (κ3) is 4.59. The van der Waals surface area contributed by atoms with E-state index in [-0.39, 0.29) is 10.8 Å². The topological polar surface area (TPSA) is 32.6 Å². The molecule has 128 valence electrons. The molecule has 1 aromatic carbocycles. The Kier molecular flexibility index (Phi) is 5.23. The molecule has 0 amide bonds. The van der Waals surface area contributed by atoms with Crippen LogP contribution in [-0.2, 0) is 10.8 Å². The minimum atomic E-state index is -0.0968. The highest BCUT2D eigenvalue weighted by Gasteiger charge is 2.25. The number of rotatable bonds is 2. The van der Waals surface area contributed by atoms with Gasteiger partial charge < -0.3 is 5.11 Å². The summed E-state index contributed by atoms with van der Waals surface area (Å²) in [6, 6.07) is 4.21. The Balaban J connectivity index is 2.42. The minimum absolute atomic E-state index is 0.0445. The highest BCUT2D eigenvalue weighted by atomic mass is 16.3. The van der Waals surface area contributed by atoms with Crippen molar-refractivity contribution in [3.05, 3.63) is 23.3 Å². The first kappa shape index (κ1) is 18.0. The van der Waals surface area contributed by atoms with Gasteiger partial charge in [-0.2, -0.15) is 0 Å². The lowest BCUT2D eigenvalue weighted by Gasteiger charge is -2.26. The smallest absolute Gasteiger partial charge is 0.144 e. The van der Waals surface area contributed by atoms with Crippen molar-refractivity contribution in [2.24, 2.45) is 10.9 Å². The fraction of sp³-hybridized carbons (Fsp3) is 0.667. The van der Waals surface area contributed by atoms with E-state index >= 15 is 0 Å². The lowest BCUT2D eigenvalue weighted by Crippen LogP contribution is -2.16. The Morgan fingerprint density at radius 2 is 1.57 bits per heavy atom. The molecule has 1 aliphatic carbocycles. The van der Waals surface area contributed by atoms with Gasteiger partial charge >= 0.3 is 0 Å². The van der Waals surface area contributed by atoms with Crippen molar-refractivity contribution in [2.45, 2.75) is 84.5 Å². The third-order valence-corrected chi connectivity index (χ3v) is 4.84. The summed E-state index contributed by atoms with van der Waals surface area (Å²) in [4.78, 5) is 4.70. The maximum Gasteiger partial charge on any atom is 0.144 e. The van der Waals surface area contributed by atoms with Crippen LogP contribution in [0.3, 0.4) is 0 Å². The number of benzene rings is 1. The van der Waals surface area contributed by atoms with Crippen molar-refractivity contribution in [1.29, 1.82) is 0 Å². The van der Waals surface area contributed by atoms with Gasteiger partial charge in [-0.05, 0) is 41.2 Å². The van der Waals surface area contributed by atoms with Crippen LogP contribution in [0.25, 0.3) is 0 Å². The number of aromatic hydroxyl groups is 1. The summed E-state index contributed by atoms with van der Waals surface area (Å²) in [6.45, 7) is 13.1. The molecule has 0 aliphatic heterocycles. The molecule has 0 spiro atoms. The van der Waals surface area contributed by atoms with Gasteiger partial charge in [0.15, 0.2) is 0 Å². The summed E-state index contributed by atoms with van der Waals surface area (Å²) in [5.41, 5.74) is 2.90. The molecule has 2 heteroatoms. The van der Waals surface area contributed by atoms with Gasteiger partial charge in [0.05, 0.1) is 0 Å². The standard InChI is InChI=1S/C21H33NO/c1-20(2,3)16-12-17(21(4,5)6)19(23)18(13-16)22-14-15-10-8-7-9-11-15/h12-15,23H,7-11H2,1-6H3. The van der Waals surface area contributed by atoms with Gasteiger partial charge in [-0.25, -0.2) is 0 Å². The number of hydrogen-bond donors (Lipinski definition) is 1. The quantitative estimate of drug-likeness (QED) is 0.641. The van der Waals surface area contributed by atoms with Crippen LogP contribution in [0.4, 0.5) is 5.69 Å². The van der Waals surface area contributed by atoms with E-state index in [1.807, 2.05) is 0 Å². The maximum absolute atomic E-state index is 10.7. The van der Waals surface area contributed by atoms with Crippen molar-refractivity contribution in [1.82, 2.24) is 0 Å². The zero-order valence-corrected chi connectivity index (χ0v) is 15.7. The van der Waals surface area contributed by atoms with Gasteiger partial charge in [0.1, 0.15) is 11.4 Å². The summed E-state index contributed by atoms with van der Waals surface area (Å²) in [6.07, 6.45) is 8.50. The van der Waals surface area contributed by atoms with E-state index in [1.54, 1.807) is 0 Å². The normalized spacial score (nSPS) is 17.8. The predicted octanol–water partition coefficient (Wildman–Crippen LogP) is 6.27. The Labute approximate surface area is 142 Å². The number of phenols is 1. The van der Waals surface area contributed by atoms with Crippen LogP contribution in [0.5, 0.6) is 5.75 Å². The number of aliphatic imine (C=N–C) groups is 1. The van der Waals surface area contributed by atoms with Gasteiger partial charge in [-0.15, -0.1) is 0 Å². The molecule has 2 nitrogen and oxygen atoms in total. The van der Waals surface area contributed by atoms with E-state index in [0.29, 0.717) is 11.7 Å². The van der Waals surface area contributed by atoms with Gasteiger partial charge in [-0.3, -0.25) is 4.99 Å². The predicted molar refractivity (Wildman–Crippen MR) is 100 cm³/mol. The van der Waals surface area contributed by atoms with Crippen molar-refractivity contribution >= 4 is 11.9 Å². The minimum Gasteiger partial charge on any atom is -0.505 e. The average Bonchev–Trinajstić information content (AvgIpc) is 2.44. The van der Waals surface area contributed by atoms with Gasteiger partial charge in [0.2, 0.25) is 0 Å². The first-order valence-electron chi connectivity index (χ1n) is 9.01. The van der Waals surface area contributed by atoms with Crippen LogP contribution in [0.1, 0.15) is 84.8 Å². The maximum atomic E-state index is 10.7. The van der Waals surface area contributed by atoms with Crippen LogP contribution in [0, 0.1) is 5.92 Å². The highest BCUT2D eigenvalue weighted by molar-refractivity contribution is 5.70. The summed E-state index contributed by atoms with van der Waals surface area (Å²) in [5.74, 6) is 0.914. The molecule has 0 bridgehead atoms. The monoisotopic (exact) mass is 315 g/mol. The Bertz CT molecular complexity index is 567. The van der Waals surface area contributed by atoms with Crippen LogP contribution < -0.4 is 0 Å². The number of hydrogen-bond acceptors (Lipinski definition) is 2. The summed E-state index contributed by atoms with van der Waals surface area (Å²) in [5, 5.41) is 10.7. The molecule has 1 fully saturated rings. The number of phenolic OH excluding ortho intramolecular Hbond substituents is 1. The SMILES string of the molecule is CC(C)(C)c1cc(N=CC2CCCCC2)c(O)c(C(C)(C)C)c1. The van der Waals surface area contributed by atoms with E-state index in [2.05, 4.69) is 59.9 Å². The molecule has 2 rings (SSSR count). The molecular formula is C21H33NO. The van der Waals surface area contributed by atoms with E-state index in [1.165, 1.54) is 37.7 Å². The molecule has 1 aliphatic rings. The molecule has 0 heterocycles. The van der Waals surface area contributed by atoms with Crippen molar-refractivity contribution in [3.8, 4) is 5.75 Å². The summed E-state index contributed by atoms with van der Waals surface area (Å²) in [7, 11) is 0. The molecule has 0 aromatic heterocycles. The second kappa shape index (κ2) is 6.67. The Hall–Kier alpha value is -1.31. The summed E-state index contributed by atoms with van der Waals surface area (Å²) < 4.78 is 0. The lowest BCUT2D eigenvalue weighted by atomic mass is 9.80. The molecular weight excluding hydrogens is 282 g/mol. The van der Waals surface area contributed by atoms with Crippen LogP contribution in [0.2, 0.25) is 0 Å². The summed E-state index contributed by atoms with van der Waals surface area (Å²) >= 11 is 0. The zero-order valence-electron chi connectivity index (χ0n) is 15.7. The van der Waals surface area contributed by atoms with E-state index in [9.17, 15) is 5.11 Å². The molecule has 0 saturated heterocycles. The number of nitrogens with zero attached hydrogens (tertiary/aromatic N) is 1. The molecule has 23 heavy (non-hydrogen) atoms. The fourth-order valence-corrected chi connectivity index (χ4v) is 3.19. The average molecular weight is 316 g/mol. The molecule has 0 atom stereocenters. The molecule has 1 saturated carbocycles. The molecule has 1 aromatic rings. The molecule has 1 N–H and O–H groups in total. The van der Waals surface area contributed by atoms with E-state index in [0.717, 1.165) is 11.3 Å². The molecule has 0 radical (unpaired) electrons. The van der Waals surface area contributed by atoms with E-state index < -0.39 is 0 Å². The third-order valence-electron chi connectivity index (χ3n) is 4.84. The lowest BCUT2D eigenvalue weighted by molar-refractivity contribution is 0.442. The van der Waals surface area contributed by atoms with Crippen LogP contribution in [-0.4, -0.2) is 11.3 Å². The largest absolute Gasteiger partial charge is 0.505 e. The van der Waals surface area contributed by atoms with Crippen LogP contribution in [0.15, 0.2) is 17.1 Å². The first-order chi connectivity index (χ1) is 10.6. The van der Waals surface area contributed by atoms with Crippen molar-refractivity contribution < 1.29 is 5.11 Å².